The third kappa shape index (κ3) is 3.85. The van der Waals surface area contributed by atoms with E-state index in [1.165, 1.54) is 38.2 Å². The maximum Gasteiger partial charge on any atom is 0.226 e. The molecule has 1 saturated heterocycles. The number of halogens is 2. The van der Waals surface area contributed by atoms with Gasteiger partial charge >= 0.3 is 0 Å². The molecule has 0 atom stereocenters. The number of amides is 2. The standard InChI is InChI=1S/C24H30F2N2O2/c25-20-2-1-14(12-21(20)26)13-22(29)28-5-3-17(4-6-28)24(30)27-23-18-8-15-7-16(10-18)11-19(23)9-15/h1-2,12,15-19,23H,3-11,13H2,(H,27,30). The minimum atomic E-state index is -0.930. The fourth-order valence-corrected chi connectivity index (χ4v) is 6.77. The first-order chi connectivity index (χ1) is 14.5. The number of nitrogens with zero attached hydrogens (tertiary/aromatic N) is 1. The van der Waals surface area contributed by atoms with Crippen LogP contribution in [0.5, 0.6) is 0 Å². The van der Waals surface area contributed by atoms with E-state index in [4.69, 9.17) is 0 Å². The second kappa shape index (κ2) is 7.93. The van der Waals surface area contributed by atoms with Crippen LogP contribution in [0, 0.1) is 41.2 Å². The molecule has 1 aromatic rings. The molecular formula is C24H30F2N2O2. The second-order valence-corrected chi connectivity index (χ2v) is 10.0. The first-order valence-electron chi connectivity index (χ1n) is 11.5. The monoisotopic (exact) mass is 416 g/mol. The molecule has 4 nitrogen and oxygen atoms in total. The van der Waals surface area contributed by atoms with Gasteiger partial charge in [0, 0.05) is 25.0 Å². The highest BCUT2D eigenvalue weighted by atomic mass is 19.2. The highest BCUT2D eigenvalue weighted by Crippen LogP contribution is 2.53. The van der Waals surface area contributed by atoms with Crippen LogP contribution in [-0.4, -0.2) is 35.8 Å². The van der Waals surface area contributed by atoms with Crippen molar-refractivity contribution in [3.8, 4) is 0 Å². The Kier molecular flexibility index (Phi) is 5.28. The van der Waals surface area contributed by atoms with Gasteiger partial charge in [0.1, 0.15) is 0 Å². The fraction of sp³-hybridized carbons (Fsp3) is 0.667. The van der Waals surface area contributed by atoms with Gasteiger partial charge in [0.05, 0.1) is 6.42 Å². The van der Waals surface area contributed by atoms with Crippen LogP contribution in [0.25, 0.3) is 0 Å². The van der Waals surface area contributed by atoms with Crippen molar-refractivity contribution in [3.05, 3.63) is 35.4 Å². The molecule has 5 aliphatic rings. The molecule has 1 aliphatic heterocycles. The summed E-state index contributed by atoms with van der Waals surface area (Å²) in [6.07, 6.45) is 7.95. The molecule has 1 heterocycles. The Bertz CT molecular complexity index is 806. The van der Waals surface area contributed by atoms with E-state index in [0.717, 1.165) is 24.0 Å². The summed E-state index contributed by atoms with van der Waals surface area (Å²) in [5.41, 5.74) is 0.473. The molecule has 1 N–H and O–H groups in total. The van der Waals surface area contributed by atoms with Crippen LogP contribution >= 0.6 is 0 Å². The number of rotatable bonds is 4. The zero-order valence-electron chi connectivity index (χ0n) is 17.3. The maximum atomic E-state index is 13.4. The van der Waals surface area contributed by atoms with Crippen molar-refractivity contribution in [1.29, 1.82) is 0 Å². The Hall–Kier alpha value is -1.98. The van der Waals surface area contributed by atoms with Gasteiger partial charge in [0.25, 0.3) is 0 Å². The van der Waals surface area contributed by atoms with Crippen LogP contribution in [0.2, 0.25) is 0 Å². The average molecular weight is 417 g/mol. The lowest BCUT2D eigenvalue weighted by atomic mass is 9.54. The summed E-state index contributed by atoms with van der Waals surface area (Å²) in [5, 5.41) is 3.41. The van der Waals surface area contributed by atoms with Crippen molar-refractivity contribution >= 4 is 11.8 Å². The van der Waals surface area contributed by atoms with Gasteiger partial charge in [-0.15, -0.1) is 0 Å². The van der Waals surface area contributed by atoms with Crippen LogP contribution in [0.3, 0.4) is 0 Å². The van der Waals surface area contributed by atoms with E-state index in [0.29, 0.717) is 49.4 Å². The number of likely N-dealkylation sites (tertiary alicyclic amines) is 1. The third-order valence-corrected chi connectivity index (χ3v) is 8.09. The van der Waals surface area contributed by atoms with Gasteiger partial charge in [-0.3, -0.25) is 9.59 Å². The van der Waals surface area contributed by atoms with Gasteiger partial charge in [-0.05, 0) is 86.3 Å². The molecule has 0 aromatic heterocycles. The molecule has 0 radical (unpaired) electrons. The average Bonchev–Trinajstić information content (AvgIpc) is 2.73. The van der Waals surface area contributed by atoms with Crippen molar-refractivity contribution in [2.45, 2.75) is 57.4 Å². The Morgan fingerprint density at radius 1 is 0.933 bits per heavy atom. The van der Waals surface area contributed by atoms with Crippen molar-refractivity contribution in [1.82, 2.24) is 10.2 Å². The number of hydrogen-bond acceptors (Lipinski definition) is 2. The first-order valence-corrected chi connectivity index (χ1v) is 11.5. The lowest BCUT2D eigenvalue weighted by molar-refractivity contribution is -0.136. The van der Waals surface area contributed by atoms with E-state index in [2.05, 4.69) is 5.32 Å². The summed E-state index contributed by atoms with van der Waals surface area (Å²) < 4.78 is 26.4. The molecule has 4 aliphatic carbocycles. The molecule has 6 rings (SSSR count). The van der Waals surface area contributed by atoms with Gasteiger partial charge in [-0.2, -0.15) is 0 Å². The number of carbonyl (C=O) groups excluding carboxylic acids is 2. The number of nitrogens with one attached hydrogen (secondary N) is 1. The Morgan fingerprint density at radius 2 is 1.57 bits per heavy atom. The highest BCUT2D eigenvalue weighted by Gasteiger charge is 2.49. The van der Waals surface area contributed by atoms with Crippen molar-refractivity contribution < 1.29 is 18.4 Å². The Labute approximate surface area is 176 Å². The van der Waals surface area contributed by atoms with E-state index in [1.54, 1.807) is 4.90 Å². The summed E-state index contributed by atoms with van der Waals surface area (Å²) in [6, 6.07) is 3.94. The van der Waals surface area contributed by atoms with E-state index in [-0.39, 0.29) is 24.2 Å². The number of hydrogen-bond donors (Lipinski definition) is 1. The molecule has 0 spiro atoms. The lowest BCUT2D eigenvalue weighted by Gasteiger charge is -2.54. The van der Waals surface area contributed by atoms with Crippen LogP contribution in [0.4, 0.5) is 8.78 Å². The zero-order chi connectivity index (χ0) is 20.8. The topological polar surface area (TPSA) is 49.4 Å². The van der Waals surface area contributed by atoms with Crippen LogP contribution in [0.15, 0.2) is 18.2 Å². The number of carbonyl (C=O) groups is 2. The van der Waals surface area contributed by atoms with Gasteiger partial charge in [0.2, 0.25) is 11.8 Å². The molecule has 1 aromatic carbocycles. The van der Waals surface area contributed by atoms with E-state index < -0.39 is 11.6 Å². The first kappa shape index (κ1) is 20.0. The van der Waals surface area contributed by atoms with Crippen molar-refractivity contribution in [2.24, 2.45) is 29.6 Å². The minimum Gasteiger partial charge on any atom is -0.353 e. The summed E-state index contributed by atoms with van der Waals surface area (Å²) in [7, 11) is 0. The summed E-state index contributed by atoms with van der Waals surface area (Å²) >= 11 is 0. The predicted molar refractivity (Wildman–Crippen MR) is 108 cm³/mol. The normalized spacial score (nSPS) is 33.0. The van der Waals surface area contributed by atoms with Gasteiger partial charge in [0.15, 0.2) is 11.6 Å². The molecule has 4 saturated carbocycles. The SMILES string of the molecule is O=C(NC1C2CC3CC(C2)CC1C3)C1CCN(C(=O)Cc2ccc(F)c(F)c2)CC1. The van der Waals surface area contributed by atoms with Crippen molar-refractivity contribution in [2.75, 3.05) is 13.1 Å². The van der Waals surface area contributed by atoms with Gasteiger partial charge in [-0.25, -0.2) is 8.78 Å². The molecule has 4 bridgehead atoms. The summed E-state index contributed by atoms with van der Waals surface area (Å²) in [5.74, 6) is 1.33. The molecule has 5 fully saturated rings. The lowest BCUT2D eigenvalue weighted by Crippen LogP contribution is -2.57. The molecule has 0 unspecified atom stereocenters. The van der Waals surface area contributed by atoms with E-state index in [9.17, 15) is 18.4 Å². The smallest absolute Gasteiger partial charge is 0.226 e. The number of benzene rings is 1. The molecular weight excluding hydrogens is 386 g/mol. The molecule has 2 amide bonds. The van der Waals surface area contributed by atoms with Gasteiger partial charge in [-0.1, -0.05) is 6.07 Å². The second-order valence-electron chi connectivity index (χ2n) is 10.0. The van der Waals surface area contributed by atoms with Crippen LogP contribution in [0.1, 0.15) is 50.5 Å². The third-order valence-electron chi connectivity index (χ3n) is 8.09. The molecule has 6 heteroatoms. The van der Waals surface area contributed by atoms with Crippen LogP contribution < -0.4 is 5.32 Å². The molecule has 30 heavy (non-hydrogen) atoms. The zero-order valence-corrected chi connectivity index (χ0v) is 17.3. The van der Waals surface area contributed by atoms with E-state index in [1.807, 2.05) is 0 Å². The maximum absolute atomic E-state index is 13.4. The van der Waals surface area contributed by atoms with Crippen molar-refractivity contribution in [3.63, 3.8) is 0 Å². The fourth-order valence-electron chi connectivity index (χ4n) is 6.77. The summed E-state index contributed by atoms with van der Waals surface area (Å²) in [4.78, 5) is 27.2. The Morgan fingerprint density at radius 3 is 2.17 bits per heavy atom. The quantitative estimate of drug-likeness (QED) is 0.814. The number of piperidine rings is 1. The summed E-state index contributed by atoms with van der Waals surface area (Å²) in [6.45, 7) is 1.09. The predicted octanol–water partition coefficient (Wildman–Crippen LogP) is 3.69. The largest absolute Gasteiger partial charge is 0.353 e. The highest BCUT2D eigenvalue weighted by molar-refractivity contribution is 5.81. The van der Waals surface area contributed by atoms with Crippen LogP contribution in [-0.2, 0) is 16.0 Å². The molecule has 162 valence electrons. The minimum absolute atomic E-state index is 0.0329. The van der Waals surface area contributed by atoms with E-state index >= 15 is 0 Å². The Balaban J connectivity index is 1.12. The van der Waals surface area contributed by atoms with Gasteiger partial charge < -0.3 is 10.2 Å².